The summed E-state index contributed by atoms with van der Waals surface area (Å²) in [6.07, 6.45) is 1.28. The van der Waals surface area contributed by atoms with Crippen LogP contribution in [0.1, 0.15) is 20.3 Å². The molecule has 6 nitrogen and oxygen atoms in total. The minimum atomic E-state index is -1.08. The molecule has 0 aromatic rings. The Morgan fingerprint density at radius 3 is 2.61 bits per heavy atom. The van der Waals surface area contributed by atoms with Crippen LogP contribution in [0.5, 0.6) is 0 Å². The Morgan fingerprint density at radius 1 is 1.50 bits per heavy atom. The largest absolute Gasteiger partial charge is 0.480 e. The van der Waals surface area contributed by atoms with Crippen LogP contribution in [0.3, 0.4) is 0 Å². The number of aliphatic hydroxyl groups excluding tert-OH is 1. The number of carbonyl (C=O) groups is 2. The van der Waals surface area contributed by atoms with Crippen LogP contribution in [-0.2, 0) is 4.79 Å². The second-order valence-corrected chi connectivity index (χ2v) is 6.53. The molecule has 18 heavy (non-hydrogen) atoms. The van der Waals surface area contributed by atoms with Gasteiger partial charge in [0.1, 0.15) is 6.04 Å². The Labute approximate surface area is 111 Å². The van der Waals surface area contributed by atoms with Gasteiger partial charge in [-0.3, -0.25) is 0 Å². The number of likely N-dealkylation sites (tertiary alicyclic amines) is 1. The van der Waals surface area contributed by atoms with Gasteiger partial charge < -0.3 is 20.4 Å². The lowest BCUT2D eigenvalue weighted by Gasteiger charge is -2.26. The van der Waals surface area contributed by atoms with Crippen molar-refractivity contribution in [3.63, 3.8) is 0 Å². The van der Waals surface area contributed by atoms with Crippen LogP contribution in [0.25, 0.3) is 0 Å². The number of urea groups is 1. The highest BCUT2D eigenvalue weighted by molar-refractivity contribution is 7.99. The Kier molecular flexibility index (Phi) is 4.86. The van der Waals surface area contributed by atoms with E-state index in [-0.39, 0.29) is 17.7 Å². The van der Waals surface area contributed by atoms with Gasteiger partial charge in [-0.15, -0.1) is 0 Å². The molecule has 0 bridgehead atoms. The molecule has 1 saturated heterocycles. The molecule has 2 amide bonds. The van der Waals surface area contributed by atoms with Crippen molar-refractivity contribution >= 4 is 23.8 Å². The minimum absolute atomic E-state index is 0.0719. The number of hydrogen-bond donors (Lipinski definition) is 3. The molecule has 1 rings (SSSR count). The number of aliphatic carboxylic acids is 1. The number of rotatable bonds is 4. The van der Waals surface area contributed by atoms with Crippen molar-refractivity contribution in [3.05, 3.63) is 0 Å². The number of hydrogen-bond acceptors (Lipinski definition) is 4. The molecule has 2 atom stereocenters. The monoisotopic (exact) mass is 276 g/mol. The molecule has 1 aliphatic heterocycles. The fourth-order valence-corrected chi connectivity index (χ4v) is 1.95. The Morgan fingerprint density at radius 2 is 2.11 bits per heavy atom. The van der Waals surface area contributed by atoms with Gasteiger partial charge in [0.2, 0.25) is 0 Å². The maximum Gasteiger partial charge on any atom is 0.326 e. The van der Waals surface area contributed by atoms with E-state index in [1.54, 1.807) is 11.8 Å². The van der Waals surface area contributed by atoms with Gasteiger partial charge in [0, 0.05) is 24.3 Å². The molecule has 0 unspecified atom stereocenters. The average Bonchev–Trinajstić information content (AvgIpc) is 2.68. The van der Waals surface area contributed by atoms with Crippen LogP contribution in [0.15, 0.2) is 0 Å². The van der Waals surface area contributed by atoms with Crippen molar-refractivity contribution in [1.82, 2.24) is 10.2 Å². The number of carboxylic acid groups (broad SMARTS) is 1. The van der Waals surface area contributed by atoms with Crippen molar-refractivity contribution in [3.8, 4) is 0 Å². The zero-order valence-corrected chi connectivity index (χ0v) is 11.7. The number of aliphatic hydroxyl groups is 1. The third-order valence-corrected chi connectivity index (χ3v) is 4.29. The van der Waals surface area contributed by atoms with Gasteiger partial charge in [-0.2, -0.15) is 11.8 Å². The fourth-order valence-electron chi connectivity index (χ4n) is 1.73. The number of thioether (sulfide) groups is 1. The Hall–Kier alpha value is -0.950. The Bertz CT molecular complexity index is 335. The van der Waals surface area contributed by atoms with Crippen molar-refractivity contribution in [1.29, 1.82) is 0 Å². The van der Waals surface area contributed by atoms with E-state index in [1.165, 1.54) is 4.90 Å². The van der Waals surface area contributed by atoms with Gasteiger partial charge in [0.05, 0.1) is 6.10 Å². The number of nitrogens with one attached hydrogen (secondary N) is 1. The highest BCUT2D eigenvalue weighted by atomic mass is 32.2. The van der Waals surface area contributed by atoms with Crippen LogP contribution >= 0.6 is 11.8 Å². The molecule has 0 saturated carbocycles. The molecular formula is C11H20N2O4S. The zero-order chi connectivity index (χ0) is 13.9. The molecule has 0 aliphatic carbocycles. The topological polar surface area (TPSA) is 89.9 Å². The predicted molar refractivity (Wildman–Crippen MR) is 69.7 cm³/mol. The first-order valence-corrected chi connectivity index (χ1v) is 7.00. The summed E-state index contributed by atoms with van der Waals surface area (Å²) in [5.74, 6) is -1.08. The normalized spacial score (nSPS) is 24.1. The first-order chi connectivity index (χ1) is 8.26. The summed E-state index contributed by atoms with van der Waals surface area (Å²) >= 11 is 1.62. The Balaban J connectivity index is 2.58. The molecule has 1 fully saturated rings. The van der Waals surface area contributed by atoms with Crippen LogP contribution in [0, 0.1) is 0 Å². The molecule has 0 aromatic heterocycles. The highest BCUT2D eigenvalue weighted by Gasteiger charge is 2.39. The van der Waals surface area contributed by atoms with Crippen LogP contribution in [-0.4, -0.2) is 63.4 Å². The lowest BCUT2D eigenvalue weighted by atomic mass is 10.2. The van der Waals surface area contributed by atoms with E-state index in [9.17, 15) is 14.7 Å². The molecule has 0 aromatic carbocycles. The molecule has 0 spiro atoms. The van der Waals surface area contributed by atoms with E-state index in [2.05, 4.69) is 5.32 Å². The molecule has 0 radical (unpaired) electrons. The third-order valence-electron chi connectivity index (χ3n) is 3.04. The van der Waals surface area contributed by atoms with Crippen molar-refractivity contribution in [2.24, 2.45) is 0 Å². The summed E-state index contributed by atoms with van der Waals surface area (Å²) in [5.41, 5.74) is 0. The smallest absolute Gasteiger partial charge is 0.326 e. The molecule has 3 N–H and O–H groups in total. The van der Waals surface area contributed by atoms with Crippen LogP contribution in [0.4, 0.5) is 4.79 Å². The molecule has 104 valence electrons. The van der Waals surface area contributed by atoms with Crippen molar-refractivity contribution in [2.75, 3.05) is 19.3 Å². The van der Waals surface area contributed by atoms with Crippen LogP contribution in [0.2, 0.25) is 0 Å². The molecule has 1 aliphatic rings. The summed E-state index contributed by atoms with van der Waals surface area (Å²) in [6, 6.07) is -1.36. The summed E-state index contributed by atoms with van der Waals surface area (Å²) in [5, 5.41) is 21.2. The fraction of sp³-hybridized carbons (Fsp3) is 0.818. The lowest BCUT2D eigenvalue weighted by Crippen LogP contribution is -2.48. The van der Waals surface area contributed by atoms with E-state index in [0.717, 1.165) is 0 Å². The summed E-state index contributed by atoms with van der Waals surface area (Å²) in [7, 11) is 0. The molecule has 7 heteroatoms. The second kappa shape index (κ2) is 5.79. The first kappa shape index (κ1) is 15.1. The number of β-amino-alcohol motifs (C(OH)–C–C–N with tert-alkyl or cyclic N) is 1. The summed E-state index contributed by atoms with van der Waals surface area (Å²) in [4.78, 5) is 24.1. The van der Waals surface area contributed by atoms with Gasteiger partial charge in [0.25, 0.3) is 0 Å². The highest BCUT2D eigenvalue weighted by Crippen LogP contribution is 2.21. The third kappa shape index (κ3) is 3.78. The number of amides is 2. The van der Waals surface area contributed by atoms with Gasteiger partial charge in [-0.1, -0.05) is 0 Å². The van der Waals surface area contributed by atoms with Gasteiger partial charge in [-0.25, -0.2) is 9.59 Å². The number of carboxylic acids is 1. The standard InChI is InChI=1S/C11H20N2O4S/c1-11(2,18-3)6-12-10(17)13-5-7(14)4-8(13)9(15)16/h7-8,14H,4-6H2,1-3H3,(H,12,17)(H,15,16)/t7-,8-/m1/s1. The quantitative estimate of drug-likeness (QED) is 0.689. The van der Waals surface area contributed by atoms with Gasteiger partial charge in [-0.05, 0) is 20.1 Å². The number of carbonyl (C=O) groups excluding carboxylic acids is 1. The van der Waals surface area contributed by atoms with Crippen LogP contribution < -0.4 is 5.32 Å². The lowest BCUT2D eigenvalue weighted by molar-refractivity contribution is -0.141. The predicted octanol–water partition coefficient (Wildman–Crippen LogP) is 0.357. The average molecular weight is 276 g/mol. The molecular weight excluding hydrogens is 256 g/mol. The van der Waals surface area contributed by atoms with Crippen molar-refractivity contribution in [2.45, 2.75) is 37.2 Å². The maximum absolute atomic E-state index is 11.9. The van der Waals surface area contributed by atoms with E-state index in [1.807, 2.05) is 20.1 Å². The van der Waals surface area contributed by atoms with E-state index >= 15 is 0 Å². The SMILES string of the molecule is CSC(C)(C)CNC(=O)N1C[C@H](O)C[C@@H]1C(=O)O. The zero-order valence-electron chi connectivity index (χ0n) is 10.8. The van der Waals surface area contributed by atoms with E-state index in [0.29, 0.717) is 6.54 Å². The van der Waals surface area contributed by atoms with Crippen molar-refractivity contribution < 1.29 is 19.8 Å². The second-order valence-electron chi connectivity index (χ2n) is 5.02. The maximum atomic E-state index is 11.9. The van der Waals surface area contributed by atoms with Gasteiger partial charge in [0.15, 0.2) is 0 Å². The summed E-state index contributed by atoms with van der Waals surface area (Å²) < 4.78 is -0.104. The van der Waals surface area contributed by atoms with Gasteiger partial charge >= 0.3 is 12.0 Å². The minimum Gasteiger partial charge on any atom is -0.480 e. The number of nitrogens with zero attached hydrogens (tertiary/aromatic N) is 1. The van der Waals surface area contributed by atoms with E-state index < -0.39 is 24.1 Å². The van der Waals surface area contributed by atoms with E-state index in [4.69, 9.17) is 5.11 Å². The summed E-state index contributed by atoms with van der Waals surface area (Å²) in [6.45, 7) is 4.51. The first-order valence-electron chi connectivity index (χ1n) is 5.77. The molecule has 1 heterocycles.